The number of anilines is 2. The molecule has 0 spiro atoms. The molecule has 10 heteroatoms. The van der Waals surface area contributed by atoms with Gasteiger partial charge in [-0.2, -0.15) is 0 Å². The second-order valence-electron chi connectivity index (χ2n) is 8.76. The van der Waals surface area contributed by atoms with Crippen LogP contribution >= 0.6 is 11.6 Å². The first-order chi connectivity index (χ1) is 15.9. The number of urea groups is 1. The number of nitrogens with zero attached hydrogens (tertiary/aromatic N) is 4. The van der Waals surface area contributed by atoms with Crippen molar-refractivity contribution in [2.75, 3.05) is 18.5 Å². The molecule has 2 aromatic heterocycles. The van der Waals surface area contributed by atoms with Crippen molar-refractivity contribution in [1.29, 1.82) is 0 Å². The minimum Gasteiger partial charge on any atom is -0.381 e. The fourth-order valence-electron chi connectivity index (χ4n) is 4.61. The lowest BCUT2D eigenvalue weighted by Gasteiger charge is -2.43. The number of hydrogen-bond donors (Lipinski definition) is 2. The molecule has 0 radical (unpaired) electrons. The molecule has 1 aromatic carbocycles. The molecule has 2 aliphatic rings. The fourth-order valence-corrected chi connectivity index (χ4v) is 4.99. The minimum absolute atomic E-state index is 0.126. The molecule has 0 aliphatic carbocycles. The van der Waals surface area contributed by atoms with Gasteiger partial charge in [-0.15, -0.1) is 0 Å². The maximum Gasteiger partial charge on any atom is 0.325 e. The summed E-state index contributed by atoms with van der Waals surface area (Å²) in [5.74, 6) is -0.201. The van der Waals surface area contributed by atoms with Crippen LogP contribution in [0.2, 0.25) is 5.02 Å². The number of carbonyl (C=O) groups is 2. The number of ether oxygens (including phenoxy) is 1. The van der Waals surface area contributed by atoms with Crippen LogP contribution in [0.3, 0.4) is 0 Å². The quantitative estimate of drug-likeness (QED) is 0.605. The number of imide groups is 1. The van der Waals surface area contributed by atoms with Gasteiger partial charge in [-0.05, 0) is 37.5 Å². The van der Waals surface area contributed by atoms with Crippen molar-refractivity contribution in [1.82, 2.24) is 24.8 Å². The van der Waals surface area contributed by atoms with Crippen molar-refractivity contribution in [3.63, 3.8) is 0 Å². The van der Waals surface area contributed by atoms with Gasteiger partial charge in [-0.3, -0.25) is 9.69 Å². The Morgan fingerprint density at radius 3 is 2.79 bits per heavy atom. The summed E-state index contributed by atoms with van der Waals surface area (Å²) in [5.41, 5.74) is 2.69. The standard InChI is InChI=1S/C23H25ClN6O3/c1-23(11-19(31)30(22(32)28-23)15-6-8-33-9-7-15)16-4-3-5-17(20(16)24)27-14-10-18-21(25-12-14)29(2)13-26-18/h3-5,10,12-13,15,27H,6-9,11H2,1-2H3,(H,28,32)/t23-/m0/s1. The van der Waals surface area contributed by atoms with E-state index in [2.05, 4.69) is 20.6 Å². The lowest BCUT2D eigenvalue weighted by Crippen LogP contribution is -2.62. The number of imidazole rings is 1. The number of rotatable bonds is 4. The molecular formula is C23H25ClN6O3. The zero-order valence-corrected chi connectivity index (χ0v) is 19.2. The van der Waals surface area contributed by atoms with E-state index in [0.717, 1.165) is 16.9 Å². The molecule has 2 saturated heterocycles. The number of carbonyl (C=O) groups excluding carboxylic acids is 2. The normalized spacial score (nSPS) is 22.0. The number of benzene rings is 1. The molecule has 2 aliphatic heterocycles. The van der Waals surface area contributed by atoms with E-state index in [4.69, 9.17) is 16.3 Å². The van der Waals surface area contributed by atoms with Crippen LogP contribution in [-0.2, 0) is 22.1 Å². The van der Waals surface area contributed by atoms with Crippen LogP contribution < -0.4 is 10.6 Å². The van der Waals surface area contributed by atoms with E-state index in [1.807, 2.05) is 42.8 Å². The number of amides is 3. The monoisotopic (exact) mass is 468 g/mol. The number of halogens is 1. The summed E-state index contributed by atoms with van der Waals surface area (Å²) in [7, 11) is 1.89. The Labute approximate surface area is 196 Å². The lowest BCUT2D eigenvalue weighted by atomic mass is 9.85. The van der Waals surface area contributed by atoms with E-state index in [9.17, 15) is 9.59 Å². The van der Waals surface area contributed by atoms with Crippen molar-refractivity contribution in [2.24, 2.45) is 7.05 Å². The molecule has 1 atom stereocenters. The summed E-state index contributed by atoms with van der Waals surface area (Å²) < 4.78 is 7.22. The topological polar surface area (TPSA) is 101 Å². The van der Waals surface area contributed by atoms with Crippen molar-refractivity contribution >= 4 is 46.1 Å². The number of fused-ring (bicyclic) bond motifs is 1. The first-order valence-corrected chi connectivity index (χ1v) is 11.3. The van der Waals surface area contributed by atoms with Crippen LogP contribution in [0.25, 0.3) is 11.2 Å². The smallest absolute Gasteiger partial charge is 0.325 e. The van der Waals surface area contributed by atoms with E-state index >= 15 is 0 Å². The zero-order valence-electron chi connectivity index (χ0n) is 18.5. The zero-order chi connectivity index (χ0) is 23.2. The Bertz CT molecular complexity index is 1220. The molecule has 0 bridgehead atoms. The van der Waals surface area contributed by atoms with Gasteiger partial charge < -0.3 is 19.9 Å². The van der Waals surface area contributed by atoms with Gasteiger partial charge in [0.1, 0.15) is 5.52 Å². The van der Waals surface area contributed by atoms with E-state index in [0.29, 0.717) is 42.3 Å². The molecule has 2 N–H and O–H groups in total. The second-order valence-corrected chi connectivity index (χ2v) is 9.14. The van der Waals surface area contributed by atoms with Crippen LogP contribution in [0, 0.1) is 0 Å². The molecule has 0 saturated carbocycles. The van der Waals surface area contributed by atoms with E-state index in [1.54, 1.807) is 12.5 Å². The molecule has 172 valence electrons. The predicted molar refractivity (Wildman–Crippen MR) is 124 cm³/mol. The molecular weight excluding hydrogens is 444 g/mol. The van der Waals surface area contributed by atoms with Crippen LogP contribution in [0.1, 0.15) is 31.7 Å². The Hall–Kier alpha value is -3.17. The van der Waals surface area contributed by atoms with E-state index in [1.165, 1.54) is 4.90 Å². The third kappa shape index (κ3) is 3.91. The van der Waals surface area contributed by atoms with E-state index < -0.39 is 5.54 Å². The average molecular weight is 469 g/mol. The first-order valence-electron chi connectivity index (χ1n) is 10.9. The second kappa shape index (κ2) is 8.31. The Balaban J connectivity index is 1.40. The third-order valence-electron chi connectivity index (χ3n) is 6.35. The highest BCUT2D eigenvalue weighted by molar-refractivity contribution is 6.34. The molecule has 5 rings (SSSR count). The lowest BCUT2D eigenvalue weighted by molar-refractivity contribution is -0.135. The third-order valence-corrected chi connectivity index (χ3v) is 6.76. The van der Waals surface area contributed by atoms with Crippen molar-refractivity contribution in [3.8, 4) is 0 Å². The Morgan fingerprint density at radius 2 is 2.03 bits per heavy atom. The van der Waals surface area contributed by atoms with Gasteiger partial charge in [-0.25, -0.2) is 14.8 Å². The first kappa shape index (κ1) is 21.7. The molecule has 4 heterocycles. The highest BCUT2D eigenvalue weighted by Gasteiger charge is 2.44. The Kier molecular flexibility index (Phi) is 5.46. The molecule has 3 amide bonds. The molecule has 0 unspecified atom stereocenters. The highest BCUT2D eigenvalue weighted by atomic mass is 35.5. The summed E-state index contributed by atoms with van der Waals surface area (Å²) in [6.07, 6.45) is 4.87. The SMILES string of the molecule is Cn1cnc2cc(Nc3cccc([C@]4(C)CC(=O)N(C5CCOCC5)C(=O)N4)c3Cl)cnc21. The van der Waals surface area contributed by atoms with Gasteiger partial charge >= 0.3 is 6.03 Å². The van der Waals surface area contributed by atoms with Crippen LogP contribution in [0.5, 0.6) is 0 Å². The van der Waals surface area contributed by atoms with Gasteiger partial charge in [0.15, 0.2) is 5.65 Å². The molecule has 2 fully saturated rings. The Morgan fingerprint density at radius 1 is 1.24 bits per heavy atom. The molecule has 9 nitrogen and oxygen atoms in total. The minimum atomic E-state index is -0.923. The van der Waals surface area contributed by atoms with Gasteiger partial charge in [0.25, 0.3) is 0 Å². The number of nitrogens with one attached hydrogen (secondary N) is 2. The highest BCUT2D eigenvalue weighted by Crippen LogP contribution is 2.39. The van der Waals surface area contributed by atoms with Gasteiger partial charge in [0.05, 0.1) is 40.9 Å². The average Bonchev–Trinajstić information content (AvgIpc) is 3.15. The summed E-state index contributed by atoms with van der Waals surface area (Å²) in [4.78, 5) is 36.2. The number of hydrogen-bond acceptors (Lipinski definition) is 6. The number of pyridine rings is 1. The maximum atomic E-state index is 13.1. The van der Waals surface area contributed by atoms with Crippen molar-refractivity contribution in [3.05, 3.63) is 47.4 Å². The van der Waals surface area contributed by atoms with Gasteiger partial charge in [0.2, 0.25) is 5.91 Å². The summed E-state index contributed by atoms with van der Waals surface area (Å²) >= 11 is 6.79. The summed E-state index contributed by atoms with van der Waals surface area (Å²) in [5, 5.41) is 6.76. The number of aromatic nitrogens is 3. The summed E-state index contributed by atoms with van der Waals surface area (Å²) in [6, 6.07) is 6.91. The van der Waals surface area contributed by atoms with Gasteiger partial charge in [0, 0.05) is 26.3 Å². The predicted octanol–water partition coefficient (Wildman–Crippen LogP) is 3.70. The largest absolute Gasteiger partial charge is 0.381 e. The van der Waals surface area contributed by atoms with Crippen LogP contribution in [0.15, 0.2) is 36.8 Å². The van der Waals surface area contributed by atoms with Crippen LogP contribution in [0.4, 0.5) is 16.2 Å². The molecule has 3 aromatic rings. The van der Waals surface area contributed by atoms with Crippen molar-refractivity contribution < 1.29 is 14.3 Å². The summed E-state index contributed by atoms with van der Waals surface area (Å²) in [6.45, 7) is 2.94. The maximum absolute atomic E-state index is 13.1. The number of aryl methyl sites for hydroxylation is 1. The van der Waals surface area contributed by atoms with Gasteiger partial charge in [-0.1, -0.05) is 23.7 Å². The fraction of sp³-hybridized carbons (Fsp3) is 0.391. The van der Waals surface area contributed by atoms with Crippen molar-refractivity contribution in [2.45, 2.75) is 37.8 Å². The van der Waals surface area contributed by atoms with Crippen LogP contribution in [-0.4, -0.2) is 50.6 Å². The molecule has 33 heavy (non-hydrogen) atoms. The van der Waals surface area contributed by atoms with E-state index in [-0.39, 0.29) is 24.4 Å².